The molecule has 0 aliphatic rings. The largest absolute Gasteiger partial charge is 0.508 e. The number of phenols is 1. The molecule has 0 saturated carbocycles. The highest BCUT2D eigenvalue weighted by molar-refractivity contribution is 7.33. The third-order valence-electron chi connectivity index (χ3n) is 2.24. The number of phenolic OH excluding ortho intramolecular Hbond substituents is 1. The lowest BCUT2D eigenvalue weighted by Gasteiger charge is -2.06. The summed E-state index contributed by atoms with van der Waals surface area (Å²) in [7, 11) is -2.56. The Hall–Kier alpha value is -1.77. The number of para-hydroxylation sites is 1. The van der Waals surface area contributed by atoms with E-state index >= 15 is 0 Å². The van der Waals surface area contributed by atoms with Crippen LogP contribution in [0.25, 0.3) is 0 Å². The minimum Gasteiger partial charge on any atom is -0.508 e. The van der Waals surface area contributed by atoms with E-state index in [4.69, 9.17) is 14.2 Å². The van der Waals surface area contributed by atoms with Gasteiger partial charge in [-0.05, 0) is 29.8 Å². The first kappa shape index (κ1) is 12.7. The van der Waals surface area contributed by atoms with E-state index in [0.717, 1.165) is 5.56 Å². The van der Waals surface area contributed by atoms with E-state index in [0.29, 0.717) is 5.75 Å². The average Bonchev–Trinajstić information content (AvgIpc) is 2.39. The van der Waals surface area contributed by atoms with E-state index in [2.05, 4.69) is 0 Å². The van der Waals surface area contributed by atoms with Crippen molar-refractivity contribution in [1.82, 2.24) is 0 Å². The maximum absolute atomic E-state index is 11.5. The van der Waals surface area contributed by atoms with Crippen molar-refractivity contribution < 1.29 is 18.7 Å². The first-order valence-electron chi connectivity index (χ1n) is 5.41. The van der Waals surface area contributed by atoms with Crippen molar-refractivity contribution in [1.29, 1.82) is 0 Å². The summed E-state index contributed by atoms with van der Waals surface area (Å²) < 4.78 is 21.8. The van der Waals surface area contributed by atoms with E-state index < -0.39 is 8.25 Å². The van der Waals surface area contributed by atoms with Crippen molar-refractivity contribution in [2.45, 2.75) is 6.61 Å². The lowest BCUT2D eigenvalue weighted by molar-refractivity contribution is 0.276. The topological polar surface area (TPSA) is 55.8 Å². The molecule has 0 aromatic heterocycles. The molecule has 0 radical (unpaired) electrons. The molecule has 1 N–H and O–H groups in total. The Bertz CT molecular complexity index is 510. The van der Waals surface area contributed by atoms with Gasteiger partial charge in [0, 0.05) is 0 Å². The highest BCUT2D eigenvalue weighted by Gasteiger charge is 2.02. The number of rotatable bonds is 5. The van der Waals surface area contributed by atoms with Crippen LogP contribution in [0.3, 0.4) is 0 Å². The zero-order chi connectivity index (χ0) is 12.8. The van der Waals surface area contributed by atoms with E-state index in [1.807, 2.05) is 6.07 Å². The SMILES string of the molecule is O=[PH](OCc1ccc(O)cc1)Oc1ccccc1. The van der Waals surface area contributed by atoms with Crippen molar-refractivity contribution in [2.24, 2.45) is 0 Å². The third kappa shape index (κ3) is 3.91. The van der Waals surface area contributed by atoms with Crippen LogP contribution in [-0.4, -0.2) is 5.11 Å². The lowest BCUT2D eigenvalue weighted by atomic mass is 10.2. The smallest absolute Gasteiger partial charge is 0.368 e. The number of benzene rings is 2. The molecule has 2 rings (SSSR count). The minimum absolute atomic E-state index is 0.185. The highest BCUT2D eigenvalue weighted by Crippen LogP contribution is 2.28. The summed E-state index contributed by atoms with van der Waals surface area (Å²) in [6.45, 7) is 0.185. The van der Waals surface area contributed by atoms with Gasteiger partial charge in [0.15, 0.2) is 0 Å². The summed E-state index contributed by atoms with van der Waals surface area (Å²) in [5, 5.41) is 9.11. The fourth-order valence-electron chi connectivity index (χ4n) is 1.35. The summed E-state index contributed by atoms with van der Waals surface area (Å²) >= 11 is 0. The van der Waals surface area contributed by atoms with Gasteiger partial charge in [0.2, 0.25) is 0 Å². The van der Waals surface area contributed by atoms with Gasteiger partial charge in [0.05, 0.1) is 6.61 Å². The standard InChI is InChI=1S/C13H13O4P/c14-12-8-6-11(7-9-12)10-16-18(15)17-13-4-2-1-3-5-13/h1-9,14,18H,10H2. The van der Waals surface area contributed by atoms with Crippen molar-refractivity contribution in [2.75, 3.05) is 0 Å². The van der Waals surface area contributed by atoms with E-state index in [9.17, 15) is 4.57 Å². The summed E-state index contributed by atoms with van der Waals surface area (Å²) in [5.41, 5.74) is 0.822. The molecule has 0 fully saturated rings. The first-order valence-corrected chi connectivity index (χ1v) is 6.64. The Labute approximate surface area is 106 Å². The molecule has 0 heterocycles. The van der Waals surface area contributed by atoms with Crippen LogP contribution in [0.1, 0.15) is 5.56 Å². The Kier molecular flexibility index (Phi) is 4.40. The highest BCUT2D eigenvalue weighted by atomic mass is 31.1. The molecule has 5 heteroatoms. The molecule has 1 atom stereocenters. The lowest BCUT2D eigenvalue weighted by Crippen LogP contribution is -1.89. The van der Waals surface area contributed by atoms with E-state index in [-0.39, 0.29) is 12.4 Å². The van der Waals surface area contributed by atoms with Crippen LogP contribution in [0.15, 0.2) is 54.6 Å². The van der Waals surface area contributed by atoms with E-state index in [1.165, 1.54) is 0 Å². The summed E-state index contributed by atoms with van der Waals surface area (Å²) in [5.74, 6) is 0.707. The van der Waals surface area contributed by atoms with Gasteiger partial charge in [-0.2, -0.15) is 0 Å². The zero-order valence-electron chi connectivity index (χ0n) is 9.58. The maximum atomic E-state index is 11.5. The van der Waals surface area contributed by atoms with Gasteiger partial charge in [-0.15, -0.1) is 0 Å². The second-order valence-electron chi connectivity index (χ2n) is 3.62. The van der Waals surface area contributed by atoms with Crippen LogP contribution < -0.4 is 4.52 Å². The Balaban J connectivity index is 1.83. The normalized spacial score (nSPS) is 12.0. The molecule has 2 aromatic rings. The second-order valence-corrected chi connectivity index (χ2v) is 4.61. The molecule has 94 valence electrons. The molecular formula is C13H13O4P. The van der Waals surface area contributed by atoms with Crippen LogP contribution in [0.2, 0.25) is 0 Å². The molecule has 0 saturated heterocycles. The van der Waals surface area contributed by atoms with Crippen molar-refractivity contribution in [3.63, 3.8) is 0 Å². The molecule has 2 aromatic carbocycles. The Morgan fingerprint density at radius 2 is 1.67 bits per heavy atom. The van der Waals surface area contributed by atoms with Gasteiger partial charge in [0.1, 0.15) is 11.5 Å². The van der Waals surface area contributed by atoms with Gasteiger partial charge in [-0.3, -0.25) is 4.52 Å². The molecule has 0 bridgehead atoms. The molecule has 18 heavy (non-hydrogen) atoms. The van der Waals surface area contributed by atoms with Crippen LogP contribution in [0.4, 0.5) is 0 Å². The first-order chi connectivity index (χ1) is 8.74. The molecule has 0 spiro atoms. The minimum atomic E-state index is -2.56. The van der Waals surface area contributed by atoms with E-state index in [1.54, 1.807) is 48.5 Å². The summed E-state index contributed by atoms with van der Waals surface area (Å²) in [6.07, 6.45) is 0. The molecule has 0 amide bonds. The predicted molar refractivity (Wildman–Crippen MR) is 69.0 cm³/mol. The quantitative estimate of drug-likeness (QED) is 0.841. The van der Waals surface area contributed by atoms with Gasteiger partial charge in [-0.1, -0.05) is 30.3 Å². The Morgan fingerprint density at radius 3 is 2.33 bits per heavy atom. The fourth-order valence-corrected chi connectivity index (χ4v) is 2.02. The zero-order valence-corrected chi connectivity index (χ0v) is 10.6. The summed E-state index contributed by atoms with van der Waals surface area (Å²) in [6, 6.07) is 15.4. The van der Waals surface area contributed by atoms with Gasteiger partial charge >= 0.3 is 8.25 Å². The summed E-state index contributed by atoms with van der Waals surface area (Å²) in [4.78, 5) is 0. The monoisotopic (exact) mass is 264 g/mol. The molecule has 0 aliphatic heterocycles. The number of aromatic hydroxyl groups is 1. The third-order valence-corrected chi connectivity index (χ3v) is 3.02. The van der Waals surface area contributed by atoms with Gasteiger partial charge in [-0.25, -0.2) is 4.57 Å². The molecular weight excluding hydrogens is 251 g/mol. The number of hydrogen-bond donors (Lipinski definition) is 1. The van der Waals surface area contributed by atoms with Gasteiger partial charge < -0.3 is 9.63 Å². The average molecular weight is 264 g/mol. The van der Waals surface area contributed by atoms with Crippen molar-refractivity contribution in [3.05, 3.63) is 60.2 Å². The van der Waals surface area contributed by atoms with Crippen LogP contribution in [0.5, 0.6) is 11.5 Å². The Morgan fingerprint density at radius 1 is 1.00 bits per heavy atom. The molecule has 0 aliphatic carbocycles. The molecule has 4 nitrogen and oxygen atoms in total. The van der Waals surface area contributed by atoms with Crippen LogP contribution in [-0.2, 0) is 15.7 Å². The second kappa shape index (κ2) is 6.24. The fraction of sp³-hybridized carbons (Fsp3) is 0.0769. The maximum Gasteiger partial charge on any atom is 0.368 e. The molecule has 1 unspecified atom stereocenters. The van der Waals surface area contributed by atoms with Crippen LogP contribution in [0, 0.1) is 0 Å². The predicted octanol–water partition coefficient (Wildman–Crippen LogP) is 3.38. The van der Waals surface area contributed by atoms with Crippen molar-refractivity contribution >= 4 is 8.25 Å². The van der Waals surface area contributed by atoms with Crippen molar-refractivity contribution in [3.8, 4) is 11.5 Å². The van der Waals surface area contributed by atoms with Gasteiger partial charge in [0.25, 0.3) is 0 Å². The number of hydrogen-bond acceptors (Lipinski definition) is 4. The van der Waals surface area contributed by atoms with Crippen LogP contribution >= 0.6 is 8.25 Å².